The van der Waals surface area contributed by atoms with Crippen LogP contribution >= 0.6 is 0 Å². The molecule has 2 saturated heterocycles. The summed E-state index contributed by atoms with van der Waals surface area (Å²) in [5, 5.41) is 5.82. The third-order valence-corrected chi connectivity index (χ3v) is 8.87. The maximum Gasteiger partial charge on any atom is 0.243 e. The molecule has 0 unspecified atom stereocenters. The van der Waals surface area contributed by atoms with E-state index < -0.39 is 16.1 Å². The first-order valence-electron chi connectivity index (χ1n) is 13.1. The maximum absolute atomic E-state index is 13.4. The van der Waals surface area contributed by atoms with Crippen LogP contribution in [0.4, 0.5) is 11.4 Å². The molecule has 2 N–H and O–H groups in total. The second kappa shape index (κ2) is 12.7. The average Bonchev–Trinajstić information content (AvgIpc) is 2.93. The number of nitrogens with one attached hydrogen (secondary N) is 2. The summed E-state index contributed by atoms with van der Waals surface area (Å²) in [7, 11) is -3.74. The van der Waals surface area contributed by atoms with Gasteiger partial charge < -0.3 is 25.2 Å². The number of amides is 2. The van der Waals surface area contributed by atoms with E-state index in [1.807, 2.05) is 30.3 Å². The standard InChI is InChI=1S/C27H37N5O5S/c1-3-30-11-13-31(14-12-30)26-10-9-23(38(35,36)32-15-17-37-18-16-32)19-25(26)29-27(34)20-24(28-21(2)33)22-7-5-4-6-8-22/h4-10,19,24H,3,11-18,20H2,1-2H3,(H,28,33)(H,29,34)/t24-/m1/s1. The number of likely N-dealkylation sites (N-methyl/N-ethyl adjacent to an activating group) is 1. The number of hydrogen-bond acceptors (Lipinski definition) is 7. The van der Waals surface area contributed by atoms with Crippen LogP contribution in [0.15, 0.2) is 53.4 Å². The van der Waals surface area contributed by atoms with E-state index in [1.54, 1.807) is 18.2 Å². The molecule has 1 atom stereocenters. The van der Waals surface area contributed by atoms with Crippen molar-refractivity contribution in [2.45, 2.75) is 31.2 Å². The zero-order valence-corrected chi connectivity index (χ0v) is 22.9. The fraction of sp³-hybridized carbons (Fsp3) is 0.481. The molecule has 0 bridgehead atoms. The molecule has 2 heterocycles. The molecule has 2 aliphatic rings. The van der Waals surface area contributed by atoms with Gasteiger partial charge in [0.1, 0.15) is 0 Å². The molecule has 206 valence electrons. The lowest BCUT2D eigenvalue weighted by Gasteiger charge is -2.36. The Bertz CT molecular complexity index is 1210. The molecule has 0 saturated carbocycles. The van der Waals surface area contributed by atoms with Gasteiger partial charge in [-0.1, -0.05) is 37.3 Å². The number of piperazine rings is 1. The van der Waals surface area contributed by atoms with Gasteiger partial charge in [-0.15, -0.1) is 0 Å². The van der Waals surface area contributed by atoms with Crippen molar-refractivity contribution in [3.63, 3.8) is 0 Å². The van der Waals surface area contributed by atoms with Crippen molar-refractivity contribution in [2.24, 2.45) is 0 Å². The van der Waals surface area contributed by atoms with E-state index in [0.29, 0.717) is 32.0 Å². The highest BCUT2D eigenvalue weighted by Crippen LogP contribution is 2.32. The first-order chi connectivity index (χ1) is 18.3. The molecule has 4 rings (SSSR count). The molecule has 38 heavy (non-hydrogen) atoms. The van der Waals surface area contributed by atoms with Crippen molar-refractivity contribution in [3.8, 4) is 0 Å². The number of carbonyl (C=O) groups is 2. The van der Waals surface area contributed by atoms with Crippen molar-refractivity contribution in [1.29, 1.82) is 0 Å². The number of sulfonamides is 1. The number of benzene rings is 2. The van der Waals surface area contributed by atoms with Crippen LogP contribution in [0.25, 0.3) is 0 Å². The Balaban J connectivity index is 1.61. The number of morpholine rings is 1. The van der Waals surface area contributed by atoms with Gasteiger partial charge >= 0.3 is 0 Å². The Labute approximate surface area is 225 Å². The van der Waals surface area contributed by atoms with Gasteiger partial charge in [-0.05, 0) is 30.3 Å². The van der Waals surface area contributed by atoms with Gasteiger partial charge in [0.2, 0.25) is 21.8 Å². The van der Waals surface area contributed by atoms with E-state index >= 15 is 0 Å². The van der Waals surface area contributed by atoms with E-state index in [9.17, 15) is 18.0 Å². The molecule has 2 fully saturated rings. The van der Waals surface area contributed by atoms with E-state index in [4.69, 9.17) is 4.74 Å². The van der Waals surface area contributed by atoms with Crippen molar-refractivity contribution in [3.05, 3.63) is 54.1 Å². The molecule has 0 aromatic heterocycles. The topological polar surface area (TPSA) is 111 Å². The predicted octanol–water partition coefficient (Wildman–Crippen LogP) is 2.06. The van der Waals surface area contributed by atoms with Gasteiger partial charge in [0, 0.05) is 46.2 Å². The maximum atomic E-state index is 13.4. The first-order valence-corrected chi connectivity index (χ1v) is 14.5. The van der Waals surface area contributed by atoms with Crippen LogP contribution in [0.5, 0.6) is 0 Å². The molecule has 11 heteroatoms. The minimum absolute atomic E-state index is 0.00703. The largest absolute Gasteiger partial charge is 0.379 e. The van der Waals surface area contributed by atoms with Gasteiger partial charge in [0.15, 0.2) is 0 Å². The molecule has 0 spiro atoms. The van der Waals surface area contributed by atoms with Gasteiger partial charge in [-0.25, -0.2) is 8.42 Å². The van der Waals surface area contributed by atoms with E-state index in [-0.39, 0.29) is 23.1 Å². The van der Waals surface area contributed by atoms with Gasteiger partial charge in [0.05, 0.1) is 41.9 Å². The van der Waals surface area contributed by atoms with Crippen LogP contribution in [0, 0.1) is 0 Å². The molecular weight excluding hydrogens is 506 g/mol. The van der Waals surface area contributed by atoms with Gasteiger partial charge in [0.25, 0.3) is 0 Å². The van der Waals surface area contributed by atoms with Crippen LogP contribution in [0.3, 0.4) is 0 Å². The monoisotopic (exact) mass is 543 g/mol. The van der Waals surface area contributed by atoms with Gasteiger partial charge in [-0.2, -0.15) is 4.31 Å². The summed E-state index contributed by atoms with van der Waals surface area (Å²) in [5.41, 5.74) is 2.05. The second-order valence-electron chi connectivity index (χ2n) is 9.53. The van der Waals surface area contributed by atoms with Crippen molar-refractivity contribution >= 4 is 33.2 Å². The lowest BCUT2D eigenvalue weighted by Crippen LogP contribution is -2.46. The number of nitrogens with zero attached hydrogens (tertiary/aromatic N) is 3. The van der Waals surface area contributed by atoms with Crippen molar-refractivity contribution < 1.29 is 22.7 Å². The molecule has 2 aliphatic heterocycles. The molecule has 2 aromatic carbocycles. The fourth-order valence-electron chi connectivity index (χ4n) is 4.86. The number of rotatable bonds is 9. The molecular formula is C27H37N5O5S. The van der Waals surface area contributed by atoms with Gasteiger partial charge in [-0.3, -0.25) is 9.59 Å². The van der Waals surface area contributed by atoms with Crippen molar-refractivity contribution in [2.75, 3.05) is 69.2 Å². The molecule has 10 nitrogen and oxygen atoms in total. The summed E-state index contributed by atoms with van der Waals surface area (Å²) in [6, 6.07) is 13.8. The summed E-state index contributed by atoms with van der Waals surface area (Å²) in [6.45, 7) is 9.12. The van der Waals surface area contributed by atoms with Crippen LogP contribution < -0.4 is 15.5 Å². The minimum atomic E-state index is -3.74. The summed E-state index contributed by atoms with van der Waals surface area (Å²) in [5.74, 6) is -0.554. The van der Waals surface area contributed by atoms with Crippen LogP contribution in [0.2, 0.25) is 0 Å². The summed E-state index contributed by atoms with van der Waals surface area (Å²) >= 11 is 0. The number of hydrogen-bond donors (Lipinski definition) is 2. The first kappa shape index (κ1) is 28.0. The number of carbonyl (C=O) groups excluding carboxylic acids is 2. The Morgan fingerprint density at radius 2 is 1.66 bits per heavy atom. The lowest BCUT2D eigenvalue weighted by atomic mass is 10.0. The summed E-state index contributed by atoms with van der Waals surface area (Å²) < 4.78 is 33.5. The van der Waals surface area contributed by atoms with Crippen LogP contribution in [-0.2, 0) is 24.3 Å². The average molecular weight is 544 g/mol. The van der Waals surface area contributed by atoms with Crippen LogP contribution in [-0.4, -0.2) is 88.5 Å². The quantitative estimate of drug-likeness (QED) is 0.498. The van der Waals surface area contributed by atoms with Crippen LogP contribution in [0.1, 0.15) is 31.9 Å². The summed E-state index contributed by atoms with van der Waals surface area (Å²) in [4.78, 5) is 29.8. The third-order valence-electron chi connectivity index (χ3n) is 6.98. The Hall–Kier alpha value is -2.99. The van der Waals surface area contributed by atoms with E-state index in [2.05, 4.69) is 27.4 Å². The Morgan fingerprint density at radius 3 is 2.29 bits per heavy atom. The van der Waals surface area contributed by atoms with E-state index in [0.717, 1.165) is 44.0 Å². The Morgan fingerprint density at radius 1 is 0.974 bits per heavy atom. The normalized spacial score (nSPS) is 18.1. The second-order valence-corrected chi connectivity index (χ2v) is 11.5. The predicted molar refractivity (Wildman–Crippen MR) is 147 cm³/mol. The van der Waals surface area contributed by atoms with Crippen molar-refractivity contribution in [1.82, 2.24) is 14.5 Å². The lowest BCUT2D eigenvalue weighted by molar-refractivity contribution is -0.120. The van der Waals surface area contributed by atoms with E-state index in [1.165, 1.54) is 11.2 Å². The molecule has 2 amide bonds. The molecule has 2 aromatic rings. The zero-order valence-electron chi connectivity index (χ0n) is 22.1. The highest BCUT2D eigenvalue weighted by Gasteiger charge is 2.29. The summed E-state index contributed by atoms with van der Waals surface area (Å²) in [6.07, 6.45) is 0.00703. The highest BCUT2D eigenvalue weighted by molar-refractivity contribution is 7.89. The molecule has 0 aliphatic carbocycles. The Kier molecular flexibility index (Phi) is 9.37. The highest BCUT2D eigenvalue weighted by atomic mass is 32.2. The minimum Gasteiger partial charge on any atom is -0.379 e. The third kappa shape index (κ3) is 6.90. The smallest absolute Gasteiger partial charge is 0.243 e. The number of anilines is 2. The SMILES string of the molecule is CCN1CCN(c2ccc(S(=O)(=O)N3CCOCC3)cc2NC(=O)C[C@@H](NC(C)=O)c2ccccc2)CC1. The number of ether oxygens (including phenoxy) is 1. The zero-order chi connectivity index (χ0) is 27.1. The molecule has 0 radical (unpaired) electrons. The fourth-order valence-corrected chi connectivity index (χ4v) is 6.30.